The Morgan fingerprint density at radius 1 is 0.650 bits per heavy atom. The van der Waals surface area contributed by atoms with Crippen LogP contribution >= 0.6 is 81.8 Å². The molecule has 0 nitrogen and oxygen atoms in total. The summed E-state index contributed by atoms with van der Waals surface area (Å²) in [6.45, 7) is 4.34. The van der Waals surface area contributed by atoms with Gasteiger partial charge in [-0.05, 0) is 91.0 Å². The van der Waals surface area contributed by atoms with E-state index in [-0.39, 0.29) is 0 Å². The molecule has 0 spiro atoms. The van der Waals surface area contributed by atoms with Crippen molar-refractivity contribution >= 4 is 81.8 Å². The summed E-state index contributed by atoms with van der Waals surface area (Å²) in [6, 6.07) is 6.61. The molecule has 0 aliphatic heterocycles. The molecule has 0 unspecified atom stereocenters. The molecule has 0 aromatic carbocycles. The van der Waals surface area contributed by atoms with Gasteiger partial charge < -0.3 is 0 Å². The van der Waals surface area contributed by atoms with Crippen LogP contribution in [0.3, 0.4) is 0 Å². The number of hydrogen-bond donors (Lipinski definition) is 0. The zero-order valence-corrected chi connectivity index (χ0v) is 17.8. The molecule has 20 heavy (non-hydrogen) atoms. The molecule has 6 heteroatoms. The minimum absolute atomic E-state index is 1.18. The highest BCUT2D eigenvalue weighted by Crippen LogP contribution is 2.49. The zero-order valence-electron chi connectivity index (χ0n) is 10.6. The maximum Gasteiger partial charge on any atom is 0.0712 e. The minimum atomic E-state index is 1.18. The summed E-state index contributed by atoms with van der Waals surface area (Å²) in [4.78, 5) is 4.05. The van der Waals surface area contributed by atoms with Gasteiger partial charge in [-0.25, -0.2) is 0 Å². The summed E-state index contributed by atoms with van der Waals surface area (Å²) in [6.07, 6.45) is 0. The molecule has 3 rings (SSSR count). The molecule has 0 radical (unpaired) electrons. The van der Waals surface area contributed by atoms with Gasteiger partial charge in [-0.1, -0.05) is 0 Å². The molecule has 0 atom stereocenters. The number of rotatable bonds is 2. The van der Waals surface area contributed by atoms with Crippen LogP contribution in [0.1, 0.15) is 11.1 Å². The van der Waals surface area contributed by atoms with Crippen LogP contribution in [-0.2, 0) is 0 Å². The van der Waals surface area contributed by atoms with Gasteiger partial charge in [-0.3, -0.25) is 0 Å². The van der Waals surface area contributed by atoms with Crippen LogP contribution in [-0.4, -0.2) is 0 Å². The third kappa shape index (κ3) is 2.88. The van der Waals surface area contributed by atoms with Crippen LogP contribution in [0.5, 0.6) is 0 Å². The van der Waals surface area contributed by atoms with Gasteiger partial charge in [-0.2, -0.15) is 0 Å². The predicted octanol–water partition coefficient (Wildman–Crippen LogP) is 8.11. The lowest BCUT2D eigenvalue weighted by Gasteiger charge is -2.02. The van der Waals surface area contributed by atoms with Crippen LogP contribution in [0.25, 0.3) is 20.2 Å². The second-order valence-electron chi connectivity index (χ2n) is 4.42. The Balaban J connectivity index is 2.23. The number of aryl methyl sites for hydroxylation is 2. The fourth-order valence-electron chi connectivity index (χ4n) is 2.08. The van der Waals surface area contributed by atoms with E-state index in [2.05, 4.69) is 79.8 Å². The lowest BCUT2D eigenvalue weighted by atomic mass is 10.1. The summed E-state index contributed by atoms with van der Waals surface area (Å²) in [5.41, 5.74) is 3.97. The topological polar surface area (TPSA) is 0 Å². The minimum Gasteiger partial charge on any atom is -0.128 e. The van der Waals surface area contributed by atoms with Gasteiger partial charge in [0.2, 0.25) is 0 Å². The molecule has 0 aliphatic carbocycles. The second-order valence-corrected chi connectivity index (χ2v) is 11.7. The molecular weight excluding hydrogens is 504 g/mol. The van der Waals surface area contributed by atoms with Crippen molar-refractivity contribution < 1.29 is 0 Å². The van der Waals surface area contributed by atoms with Gasteiger partial charge in [0.1, 0.15) is 0 Å². The highest BCUT2D eigenvalue weighted by Gasteiger charge is 2.18. The number of halogens is 3. The van der Waals surface area contributed by atoms with Gasteiger partial charge in [0.15, 0.2) is 0 Å². The zero-order chi connectivity index (χ0) is 14.4. The second kappa shape index (κ2) is 5.97. The molecule has 104 valence electrons. The molecule has 0 aliphatic rings. The molecule has 3 aromatic rings. The van der Waals surface area contributed by atoms with Crippen molar-refractivity contribution in [3.63, 3.8) is 0 Å². The Morgan fingerprint density at radius 2 is 1.10 bits per heavy atom. The summed E-state index contributed by atoms with van der Waals surface area (Å²) < 4.78 is 3.54. The molecule has 0 fully saturated rings. The van der Waals surface area contributed by atoms with E-state index in [9.17, 15) is 0 Å². The molecule has 3 heterocycles. The maximum atomic E-state index is 3.64. The highest BCUT2D eigenvalue weighted by atomic mass is 79.9. The number of thiophene rings is 3. The molecule has 3 aromatic heterocycles. The molecule has 0 saturated carbocycles. The first-order valence-corrected chi connectivity index (χ1v) is 10.6. The first-order chi connectivity index (χ1) is 9.45. The lowest BCUT2D eigenvalue weighted by molar-refractivity contribution is 1.53. The Labute approximate surface area is 155 Å². The van der Waals surface area contributed by atoms with Crippen molar-refractivity contribution in [1.82, 2.24) is 0 Å². The van der Waals surface area contributed by atoms with Gasteiger partial charge in [0.05, 0.1) is 16.2 Å². The molecular formula is C14H9Br3S3. The van der Waals surface area contributed by atoms with Crippen molar-refractivity contribution in [3.05, 3.63) is 40.7 Å². The molecule has 0 saturated heterocycles. The van der Waals surface area contributed by atoms with Gasteiger partial charge >= 0.3 is 0 Å². The Kier molecular flexibility index (Phi) is 4.61. The van der Waals surface area contributed by atoms with Crippen molar-refractivity contribution in [2.45, 2.75) is 13.8 Å². The monoisotopic (exact) mass is 510 g/mol. The summed E-state index contributed by atoms with van der Waals surface area (Å²) in [5, 5.41) is 0. The largest absolute Gasteiger partial charge is 0.128 e. The van der Waals surface area contributed by atoms with Crippen molar-refractivity contribution in [3.8, 4) is 20.2 Å². The van der Waals surface area contributed by atoms with E-state index in [4.69, 9.17) is 0 Å². The fourth-order valence-corrected chi connectivity index (χ4v) is 7.44. The molecule has 0 bridgehead atoms. The fraction of sp³-hybridized carbons (Fsp3) is 0.143. The van der Waals surface area contributed by atoms with Gasteiger partial charge in [-0.15, -0.1) is 34.0 Å². The van der Waals surface area contributed by atoms with E-state index < -0.39 is 0 Å². The predicted molar refractivity (Wildman–Crippen MR) is 104 cm³/mol. The third-order valence-electron chi connectivity index (χ3n) is 2.93. The Bertz CT molecular complexity index is 716. The summed E-state index contributed by atoms with van der Waals surface area (Å²) in [7, 11) is 0. The van der Waals surface area contributed by atoms with Crippen LogP contribution in [0.4, 0.5) is 0 Å². The van der Waals surface area contributed by atoms with E-state index in [0.29, 0.717) is 0 Å². The highest BCUT2D eigenvalue weighted by molar-refractivity contribution is 9.11. The first-order valence-electron chi connectivity index (χ1n) is 5.77. The van der Waals surface area contributed by atoms with Crippen molar-refractivity contribution in [2.24, 2.45) is 0 Å². The van der Waals surface area contributed by atoms with E-state index in [0.717, 1.165) is 0 Å². The Morgan fingerprint density at radius 3 is 1.60 bits per heavy atom. The SMILES string of the molecule is Cc1cc(Br)sc1-c1cc(Br)sc1-c1sc(Br)cc1C. The van der Waals surface area contributed by atoms with Crippen LogP contribution in [0.2, 0.25) is 0 Å². The lowest BCUT2D eigenvalue weighted by Crippen LogP contribution is -1.77. The first kappa shape index (κ1) is 15.4. The quantitative estimate of drug-likeness (QED) is 0.325. The summed E-state index contributed by atoms with van der Waals surface area (Å²) >= 11 is 16.2. The van der Waals surface area contributed by atoms with Gasteiger partial charge in [0.25, 0.3) is 0 Å². The van der Waals surface area contributed by atoms with Crippen LogP contribution in [0.15, 0.2) is 29.6 Å². The Hall–Kier alpha value is 0.540. The van der Waals surface area contributed by atoms with Crippen molar-refractivity contribution in [1.29, 1.82) is 0 Å². The molecule has 0 N–H and O–H groups in total. The van der Waals surface area contributed by atoms with Crippen LogP contribution in [0, 0.1) is 13.8 Å². The van der Waals surface area contributed by atoms with E-state index in [1.54, 1.807) is 34.0 Å². The van der Waals surface area contributed by atoms with E-state index >= 15 is 0 Å². The van der Waals surface area contributed by atoms with Crippen LogP contribution < -0.4 is 0 Å². The number of hydrogen-bond acceptors (Lipinski definition) is 3. The summed E-state index contributed by atoms with van der Waals surface area (Å²) in [5.74, 6) is 0. The standard InChI is InChI=1S/C14H9Br3S3/c1-6-3-9(15)18-12(6)8-5-11(17)20-14(8)13-7(2)4-10(16)19-13/h3-5H,1-2H3. The normalized spacial score (nSPS) is 11.2. The average molecular weight is 513 g/mol. The smallest absolute Gasteiger partial charge is 0.0712 e. The van der Waals surface area contributed by atoms with E-state index in [1.807, 2.05) is 0 Å². The maximum absolute atomic E-state index is 3.64. The van der Waals surface area contributed by atoms with Gasteiger partial charge in [0, 0.05) is 15.3 Å². The van der Waals surface area contributed by atoms with E-state index in [1.165, 1.54) is 42.7 Å². The van der Waals surface area contributed by atoms with Crippen molar-refractivity contribution in [2.75, 3.05) is 0 Å². The molecule has 0 amide bonds. The third-order valence-corrected chi connectivity index (χ3v) is 8.24. The average Bonchev–Trinajstić information content (AvgIpc) is 2.97.